The predicted molar refractivity (Wildman–Crippen MR) is 112 cm³/mol. The third-order valence-corrected chi connectivity index (χ3v) is 5.91. The molecule has 3 aromatic rings. The van der Waals surface area contributed by atoms with Gasteiger partial charge in [0.2, 0.25) is 0 Å². The second kappa shape index (κ2) is 8.31. The maximum atomic E-state index is 13.9. The Labute approximate surface area is 175 Å². The molecule has 0 bridgehead atoms. The van der Waals surface area contributed by atoms with Gasteiger partial charge in [-0.2, -0.15) is 0 Å². The fourth-order valence-corrected chi connectivity index (χ4v) is 4.32. The summed E-state index contributed by atoms with van der Waals surface area (Å²) in [4.78, 5) is 20.6. The number of anilines is 2. The minimum atomic E-state index is -0.667. The molecule has 2 heterocycles. The Balaban J connectivity index is 1.41. The number of thiazole rings is 1. The summed E-state index contributed by atoms with van der Waals surface area (Å²) >= 11 is 1.24. The van der Waals surface area contributed by atoms with Crippen molar-refractivity contribution in [2.24, 2.45) is 0 Å². The minimum Gasteiger partial charge on any atom is -0.497 e. The van der Waals surface area contributed by atoms with Crippen molar-refractivity contribution in [2.75, 3.05) is 50.6 Å². The Bertz CT molecular complexity index is 1060. The largest absolute Gasteiger partial charge is 0.497 e. The van der Waals surface area contributed by atoms with E-state index >= 15 is 0 Å². The number of amides is 2. The lowest BCUT2D eigenvalue weighted by Gasteiger charge is -2.34. The quantitative estimate of drug-likeness (QED) is 0.674. The van der Waals surface area contributed by atoms with Crippen LogP contribution in [0.5, 0.6) is 11.5 Å². The number of nitrogens with one attached hydrogen (secondary N) is 1. The normalized spacial score (nSPS) is 14.1. The summed E-state index contributed by atoms with van der Waals surface area (Å²) in [7, 11) is 3.09. The number of hydrogen-bond donors (Lipinski definition) is 1. The first-order chi connectivity index (χ1) is 14.5. The van der Waals surface area contributed by atoms with Gasteiger partial charge in [-0.25, -0.2) is 18.6 Å². The lowest BCUT2D eigenvalue weighted by molar-refractivity contribution is 0.208. The Kier molecular flexibility index (Phi) is 5.58. The number of urea groups is 1. The van der Waals surface area contributed by atoms with Crippen LogP contribution >= 0.6 is 11.3 Å². The van der Waals surface area contributed by atoms with Crippen LogP contribution in [-0.4, -0.2) is 56.3 Å². The molecule has 7 nitrogen and oxygen atoms in total. The fraction of sp³-hybridized carbons (Fsp3) is 0.300. The second-order valence-electron chi connectivity index (χ2n) is 6.74. The molecule has 1 aliphatic rings. The zero-order valence-corrected chi connectivity index (χ0v) is 17.3. The zero-order chi connectivity index (χ0) is 21.3. The number of fused-ring (bicyclic) bond motifs is 1. The summed E-state index contributed by atoms with van der Waals surface area (Å²) in [6.07, 6.45) is 0. The van der Waals surface area contributed by atoms with Crippen molar-refractivity contribution in [3.05, 3.63) is 42.0 Å². The predicted octanol–water partition coefficient (Wildman–Crippen LogP) is 3.95. The molecule has 4 rings (SSSR count). The molecule has 2 amide bonds. The Morgan fingerprint density at radius 1 is 1.03 bits per heavy atom. The molecule has 10 heteroatoms. The molecular weight excluding hydrogens is 414 g/mol. The van der Waals surface area contributed by atoms with E-state index in [1.165, 1.54) is 17.4 Å². The number of piperazine rings is 1. The second-order valence-corrected chi connectivity index (χ2v) is 7.75. The van der Waals surface area contributed by atoms with Crippen LogP contribution < -0.4 is 19.7 Å². The van der Waals surface area contributed by atoms with E-state index in [0.717, 1.165) is 6.07 Å². The molecule has 0 aliphatic carbocycles. The van der Waals surface area contributed by atoms with Crippen molar-refractivity contribution >= 4 is 38.4 Å². The van der Waals surface area contributed by atoms with E-state index in [1.54, 1.807) is 37.3 Å². The first-order valence-corrected chi connectivity index (χ1v) is 10.1. The molecule has 0 saturated carbocycles. The number of carbonyl (C=O) groups excluding carboxylic acids is 1. The van der Waals surface area contributed by atoms with E-state index in [-0.39, 0.29) is 11.5 Å². The van der Waals surface area contributed by atoms with E-state index in [0.29, 0.717) is 53.2 Å². The summed E-state index contributed by atoms with van der Waals surface area (Å²) in [5.41, 5.74) is 0.742. The van der Waals surface area contributed by atoms with Gasteiger partial charge < -0.3 is 24.6 Å². The summed E-state index contributed by atoms with van der Waals surface area (Å²) in [5.74, 6) is -0.131. The number of aromatic nitrogens is 1. The van der Waals surface area contributed by atoms with Crippen LogP contribution in [0.15, 0.2) is 30.3 Å². The molecule has 30 heavy (non-hydrogen) atoms. The van der Waals surface area contributed by atoms with Crippen LogP contribution in [0.3, 0.4) is 0 Å². The van der Waals surface area contributed by atoms with Crippen LogP contribution in [0, 0.1) is 11.6 Å². The fourth-order valence-electron chi connectivity index (χ4n) is 3.26. The lowest BCUT2D eigenvalue weighted by Crippen LogP contribution is -2.50. The first kappa shape index (κ1) is 20.1. The molecule has 0 radical (unpaired) electrons. The van der Waals surface area contributed by atoms with Gasteiger partial charge in [-0.3, -0.25) is 0 Å². The number of ether oxygens (including phenoxy) is 2. The van der Waals surface area contributed by atoms with Crippen molar-refractivity contribution in [2.45, 2.75) is 0 Å². The molecule has 0 spiro atoms. The van der Waals surface area contributed by atoms with Gasteiger partial charge in [-0.15, -0.1) is 0 Å². The van der Waals surface area contributed by atoms with Gasteiger partial charge in [0.25, 0.3) is 0 Å². The van der Waals surface area contributed by atoms with Gasteiger partial charge in [0.15, 0.2) is 10.9 Å². The third-order valence-electron chi connectivity index (χ3n) is 4.84. The topological polar surface area (TPSA) is 66.9 Å². The number of nitrogens with zero attached hydrogens (tertiary/aromatic N) is 3. The van der Waals surface area contributed by atoms with Crippen LogP contribution in [0.1, 0.15) is 0 Å². The summed E-state index contributed by atoms with van der Waals surface area (Å²) < 4.78 is 38.2. The molecule has 158 valence electrons. The number of halogens is 2. The van der Waals surface area contributed by atoms with Crippen LogP contribution in [0.25, 0.3) is 10.2 Å². The molecule has 0 unspecified atom stereocenters. The van der Waals surface area contributed by atoms with Crippen molar-refractivity contribution in [1.82, 2.24) is 9.88 Å². The number of carbonyl (C=O) groups is 1. The number of benzene rings is 2. The zero-order valence-electron chi connectivity index (χ0n) is 16.4. The van der Waals surface area contributed by atoms with Crippen LogP contribution in [-0.2, 0) is 0 Å². The number of methoxy groups -OCH3 is 2. The first-order valence-electron chi connectivity index (χ1n) is 9.26. The Morgan fingerprint density at radius 3 is 2.33 bits per heavy atom. The Hall–Kier alpha value is -3.14. The molecule has 1 N–H and O–H groups in total. The van der Waals surface area contributed by atoms with E-state index < -0.39 is 11.6 Å². The monoisotopic (exact) mass is 434 g/mol. The summed E-state index contributed by atoms with van der Waals surface area (Å²) in [6.45, 7) is 2.02. The van der Waals surface area contributed by atoms with Gasteiger partial charge in [-0.1, -0.05) is 11.3 Å². The van der Waals surface area contributed by atoms with Gasteiger partial charge in [-0.05, 0) is 6.07 Å². The molecule has 0 atom stereocenters. The average molecular weight is 434 g/mol. The molecule has 1 fully saturated rings. The van der Waals surface area contributed by atoms with E-state index in [2.05, 4.69) is 10.3 Å². The maximum absolute atomic E-state index is 13.9. The standard InChI is InChI=1S/C20H20F2N4O3S/c1-28-14-9-13(10-15(11-14)29-2)23-19(27)25-3-5-26(6-4-25)20-24-18-16(22)7-12(21)8-17(18)30-20/h7-11H,3-6H2,1-2H3,(H,23,27). The van der Waals surface area contributed by atoms with Gasteiger partial charge in [0.1, 0.15) is 22.8 Å². The summed E-state index contributed by atoms with van der Waals surface area (Å²) in [6, 6.07) is 7.04. The number of hydrogen-bond acceptors (Lipinski definition) is 6. The SMILES string of the molecule is COc1cc(NC(=O)N2CCN(c3nc4c(F)cc(F)cc4s3)CC2)cc(OC)c1. The lowest BCUT2D eigenvalue weighted by atomic mass is 10.2. The molecule has 2 aromatic carbocycles. The molecule has 1 aromatic heterocycles. The van der Waals surface area contributed by atoms with Crippen molar-refractivity contribution < 1.29 is 23.0 Å². The van der Waals surface area contributed by atoms with Gasteiger partial charge in [0.05, 0.1) is 18.9 Å². The highest BCUT2D eigenvalue weighted by molar-refractivity contribution is 7.22. The van der Waals surface area contributed by atoms with Crippen LogP contribution in [0.4, 0.5) is 24.4 Å². The van der Waals surface area contributed by atoms with Crippen molar-refractivity contribution in [3.63, 3.8) is 0 Å². The molecule has 1 aliphatic heterocycles. The highest BCUT2D eigenvalue weighted by Crippen LogP contribution is 2.32. The average Bonchev–Trinajstić information content (AvgIpc) is 3.18. The van der Waals surface area contributed by atoms with Gasteiger partial charge in [0, 0.05) is 56.1 Å². The number of rotatable bonds is 4. The van der Waals surface area contributed by atoms with E-state index in [1.807, 2.05) is 4.90 Å². The highest BCUT2D eigenvalue weighted by atomic mass is 32.1. The molecule has 1 saturated heterocycles. The minimum absolute atomic E-state index is 0.170. The van der Waals surface area contributed by atoms with E-state index in [4.69, 9.17) is 9.47 Å². The van der Waals surface area contributed by atoms with Crippen LogP contribution in [0.2, 0.25) is 0 Å². The van der Waals surface area contributed by atoms with Crippen molar-refractivity contribution in [1.29, 1.82) is 0 Å². The maximum Gasteiger partial charge on any atom is 0.321 e. The van der Waals surface area contributed by atoms with Crippen molar-refractivity contribution in [3.8, 4) is 11.5 Å². The van der Waals surface area contributed by atoms with E-state index in [9.17, 15) is 13.6 Å². The third kappa shape index (κ3) is 4.09. The highest BCUT2D eigenvalue weighted by Gasteiger charge is 2.24. The summed E-state index contributed by atoms with van der Waals surface area (Å²) in [5, 5.41) is 3.47. The Morgan fingerprint density at radius 2 is 1.70 bits per heavy atom. The molecular formula is C20H20F2N4O3S. The van der Waals surface area contributed by atoms with Gasteiger partial charge >= 0.3 is 6.03 Å². The smallest absolute Gasteiger partial charge is 0.321 e.